The van der Waals surface area contributed by atoms with Gasteiger partial charge >= 0.3 is 0 Å². The maximum Gasteiger partial charge on any atom is 0.0540 e. The van der Waals surface area contributed by atoms with Crippen molar-refractivity contribution in [3.8, 4) is 33.4 Å². The van der Waals surface area contributed by atoms with Crippen LogP contribution in [0.1, 0.15) is 0 Å². The molecule has 3 heteroatoms. The molecule has 0 saturated carbocycles. The highest BCUT2D eigenvalue weighted by Gasteiger charge is 2.17. The van der Waals surface area contributed by atoms with Crippen LogP contribution in [0.25, 0.3) is 53.6 Å². The van der Waals surface area contributed by atoms with E-state index >= 15 is 0 Å². The van der Waals surface area contributed by atoms with Gasteiger partial charge < -0.3 is 4.90 Å². The SMILES string of the molecule is c1ccc(-c2ccc(N(c3ccc(-c4ccc5c(c4)sc4cnccc45)cc3)c3ccccc3-c3ccccc3)cc2)cc1. The summed E-state index contributed by atoms with van der Waals surface area (Å²) in [6.07, 6.45) is 3.83. The molecule has 0 radical (unpaired) electrons. The lowest BCUT2D eigenvalue weighted by Crippen LogP contribution is -2.11. The molecule has 0 aliphatic rings. The van der Waals surface area contributed by atoms with Crippen LogP contribution in [0.15, 0.2) is 170 Å². The highest BCUT2D eigenvalue weighted by atomic mass is 32.1. The second-order valence-corrected chi connectivity index (χ2v) is 11.9. The maximum atomic E-state index is 4.32. The van der Waals surface area contributed by atoms with Crippen LogP contribution in [0, 0.1) is 0 Å². The van der Waals surface area contributed by atoms with Gasteiger partial charge in [0, 0.05) is 44.8 Å². The van der Waals surface area contributed by atoms with Crippen LogP contribution in [0.2, 0.25) is 0 Å². The average Bonchev–Trinajstić information content (AvgIpc) is 3.48. The fourth-order valence-electron chi connectivity index (χ4n) is 6.01. The van der Waals surface area contributed by atoms with E-state index in [-0.39, 0.29) is 0 Å². The molecule has 8 rings (SSSR count). The number of fused-ring (bicyclic) bond motifs is 3. The zero-order valence-corrected chi connectivity index (χ0v) is 24.8. The van der Waals surface area contributed by atoms with E-state index in [1.54, 1.807) is 11.3 Å². The number of hydrogen-bond donors (Lipinski definition) is 0. The Morgan fingerprint density at radius 1 is 0.432 bits per heavy atom. The van der Waals surface area contributed by atoms with Crippen molar-refractivity contribution >= 4 is 48.6 Å². The molecular weight excluding hydrogens is 553 g/mol. The van der Waals surface area contributed by atoms with Gasteiger partial charge in [0.1, 0.15) is 0 Å². The summed E-state index contributed by atoms with van der Waals surface area (Å²) in [7, 11) is 0. The summed E-state index contributed by atoms with van der Waals surface area (Å²) in [6, 6.07) is 56.5. The molecule has 0 saturated heterocycles. The van der Waals surface area contributed by atoms with Gasteiger partial charge in [-0.15, -0.1) is 11.3 Å². The summed E-state index contributed by atoms with van der Waals surface area (Å²) in [5.74, 6) is 0. The Bertz CT molecular complexity index is 2200. The van der Waals surface area contributed by atoms with Crippen molar-refractivity contribution in [2.24, 2.45) is 0 Å². The van der Waals surface area contributed by atoms with Crippen LogP contribution in [0.5, 0.6) is 0 Å². The van der Waals surface area contributed by atoms with Gasteiger partial charge in [-0.2, -0.15) is 0 Å². The van der Waals surface area contributed by atoms with Crippen molar-refractivity contribution in [2.45, 2.75) is 0 Å². The average molecular weight is 581 g/mol. The quantitative estimate of drug-likeness (QED) is 0.194. The van der Waals surface area contributed by atoms with E-state index in [0.717, 1.165) is 17.1 Å². The third-order valence-electron chi connectivity index (χ3n) is 8.20. The van der Waals surface area contributed by atoms with E-state index < -0.39 is 0 Å². The predicted octanol–water partition coefficient (Wildman–Crippen LogP) is 11.9. The van der Waals surface area contributed by atoms with E-state index in [0.29, 0.717) is 0 Å². The molecular formula is C41H28N2S. The van der Waals surface area contributed by atoms with Crippen molar-refractivity contribution in [2.75, 3.05) is 4.90 Å². The zero-order valence-electron chi connectivity index (χ0n) is 24.0. The fourth-order valence-corrected chi connectivity index (χ4v) is 7.12. The largest absolute Gasteiger partial charge is 0.310 e. The summed E-state index contributed by atoms with van der Waals surface area (Å²) >= 11 is 1.80. The molecule has 208 valence electrons. The van der Waals surface area contributed by atoms with Crippen molar-refractivity contribution in [1.82, 2.24) is 4.98 Å². The smallest absolute Gasteiger partial charge is 0.0540 e. The molecule has 0 unspecified atom stereocenters. The Hall–Kier alpha value is -5.51. The molecule has 0 bridgehead atoms. The molecule has 6 aromatic carbocycles. The van der Waals surface area contributed by atoms with E-state index in [4.69, 9.17) is 0 Å². The lowest BCUT2D eigenvalue weighted by atomic mass is 10.00. The summed E-state index contributed by atoms with van der Waals surface area (Å²) < 4.78 is 2.51. The van der Waals surface area contributed by atoms with Crippen LogP contribution in [-0.4, -0.2) is 4.98 Å². The first-order valence-electron chi connectivity index (χ1n) is 14.8. The molecule has 2 heterocycles. The Morgan fingerprint density at radius 2 is 0.977 bits per heavy atom. The summed E-state index contributed by atoms with van der Waals surface area (Å²) in [5.41, 5.74) is 10.6. The van der Waals surface area contributed by atoms with Gasteiger partial charge in [-0.05, 0) is 70.3 Å². The standard InChI is InChI=1S/C41H28N2S/c1-3-9-29(10-4-1)30-15-20-34(21-16-30)43(39-14-8-7-13-36(39)32-11-5-2-6-12-32)35-22-17-31(18-23-35)33-19-24-37-38-25-26-42-28-41(38)44-40(37)27-33/h1-28H. The maximum absolute atomic E-state index is 4.32. The molecule has 0 fully saturated rings. The number of nitrogens with zero attached hydrogens (tertiary/aromatic N) is 2. The van der Waals surface area contributed by atoms with Crippen molar-refractivity contribution < 1.29 is 0 Å². The highest BCUT2D eigenvalue weighted by molar-refractivity contribution is 7.25. The Balaban J connectivity index is 1.22. The number of para-hydroxylation sites is 1. The molecule has 2 aromatic heterocycles. The zero-order chi connectivity index (χ0) is 29.3. The summed E-state index contributed by atoms with van der Waals surface area (Å²) in [5, 5.41) is 2.56. The lowest BCUT2D eigenvalue weighted by Gasteiger charge is -2.28. The third-order valence-corrected chi connectivity index (χ3v) is 9.30. The van der Waals surface area contributed by atoms with Crippen molar-refractivity contribution in [3.63, 3.8) is 0 Å². The Labute approximate surface area is 261 Å². The normalized spacial score (nSPS) is 11.2. The predicted molar refractivity (Wildman–Crippen MR) is 188 cm³/mol. The number of pyridine rings is 1. The molecule has 0 spiro atoms. The van der Waals surface area contributed by atoms with Gasteiger partial charge in [0.15, 0.2) is 0 Å². The first-order valence-corrected chi connectivity index (χ1v) is 15.6. The minimum Gasteiger partial charge on any atom is -0.310 e. The number of anilines is 3. The Kier molecular flexibility index (Phi) is 6.71. The number of thiophene rings is 1. The second kappa shape index (κ2) is 11.3. The van der Waals surface area contributed by atoms with Crippen LogP contribution in [0.4, 0.5) is 17.1 Å². The fraction of sp³-hybridized carbons (Fsp3) is 0. The number of aromatic nitrogens is 1. The molecule has 0 amide bonds. The number of benzene rings is 6. The first-order chi connectivity index (χ1) is 21.8. The molecule has 0 aliphatic heterocycles. The van der Waals surface area contributed by atoms with Crippen LogP contribution in [0.3, 0.4) is 0 Å². The van der Waals surface area contributed by atoms with Crippen molar-refractivity contribution in [1.29, 1.82) is 0 Å². The monoisotopic (exact) mass is 580 g/mol. The summed E-state index contributed by atoms with van der Waals surface area (Å²) in [4.78, 5) is 6.68. The van der Waals surface area contributed by atoms with E-state index in [1.807, 2.05) is 12.4 Å². The lowest BCUT2D eigenvalue weighted by molar-refractivity contribution is 1.28. The molecule has 2 nitrogen and oxygen atoms in total. The highest BCUT2D eigenvalue weighted by Crippen LogP contribution is 2.42. The second-order valence-electron chi connectivity index (χ2n) is 10.9. The van der Waals surface area contributed by atoms with Gasteiger partial charge in [0.2, 0.25) is 0 Å². The minimum atomic E-state index is 1.11. The van der Waals surface area contributed by atoms with Gasteiger partial charge in [-0.3, -0.25) is 4.98 Å². The number of rotatable bonds is 6. The Morgan fingerprint density at radius 3 is 1.68 bits per heavy atom. The van der Waals surface area contributed by atoms with E-state index in [2.05, 4.69) is 168 Å². The van der Waals surface area contributed by atoms with E-state index in [1.165, 1.54) is 53.6 Å². The topological polar surface area (TPSA) is 16.1 Å². The number of hydrogen-bond acceptors (Lipinski definition) is 3. The van der Waals surface area contributed by atoms with Crippen LogP contribution >= 0.6 is 11.3 Å². The van der Waals surface area contributed by atoms with Crippen LogP contribution in [-0.2, 0) is 0 Å². The first kappa shape index (κ1) is 26.1. The molecule has 8 aromatic rings. The van der Waals surface area contributed by atoms with Gasteiger partial charge in [-0.1, -0.05) is 115 Å². The van der Waals surface area contributed by atoms with Gasteiger partial charge in [-0.25, -0.2) is 0 Å². The van der Waals surface area contributed by atoms with Gasteiger partial charge in [0.25, 0.3) is 0 Å². The van der Waals surface area contributed by atoms with Gasteiger partial charge in [0.05, 0.1) is 10.4 Å². The molecule has 0 aliphatic carbocycles. The minimum absolute atomic E-state index is 1.11. The van der Waals surface area contributed by atoms with E-state index in [9.17, 15) is 0 Å². The third kappa shape index (κ3) is 4.84. The molecule has 0 N–H and O–H groups in total. The van der Waals surface area contributed by atoms with Crippen LogP contribution < -0.4 is 4.90 Å². The molecule has 44 heavy (non-hydrogen) atoms. The van der Waals surface area contributed by atoms with Crippen molar-refractivity contribution in [3.05, 3.63) is 170 Å². The summed E-state index contributed by atoms with van der Waals surface area (Å²) in [6.45, 7) is 0. The molecule has 0 atom stereocenters.